The van der Waals surface area contributed by atoms with Gasteiger partial charge in [0, 0.05) is 0 Å². The van der Waals surface area contributed by atoms with Crippen LogP contribution in [0.1, 0.15) is 24.5 Å². The molecule has 5 heteroatoms. The Morgan fingerprint density at radius 1 is 1.26 bits per heavy atom. The SMILES string of the molecule is CCCc1c(O)n(-c2ccccc2C)c(=O)[nH]c1=O. The fourth-order valence-corrected chi connectivity index (χ4v) is 2.07. The van der Waals surface area contributed by atoms with Crippen LogP contribution >= 0.6 is 0 Å². The van der Waals surface area contributed by atoms with Crippen molar-refractivity contribution in [2.45, 2.75) is 26.7 Å². The number of aromatic amines is 1. The topological polar surface area (TPSA) is 75.1 Å². The van der Waals surface area contributed by atoms with Crippen LogP contribution < -0.4 is 11.2 Å². The van der Waals surface area contributed by atoms with Crippen LogP contribution in [-0.2, 0) is 6.42 Å². The maximum atomic E-state index is 11.9. The van der Waals surface area contributed by atoms with Gasteiger partial charge in [-0.05, 0) is 25.0 Å². The lowest BCUT2D eigenvalue weighted by Gasteiger charge is -2.12. The van der Waals surface area contributed by atoms with Gasteiger partial charge in [-0.25, -0.2) is 9.36 Å². The first-order valence-electron chi connectivity index (χ1n) is 6.19. The largest absolute Gasteiger partial charge is 0.494 e. The van der Waals surface area contributed by atoms with Crippen LogP contribution in [0.5, 0.6) is 5.88 Å². The molecule has 0 saturated carbocycles. The van der Waals surface area contributed by atoms with E-state index in [2.05, 4.69) is 4.98 Å². The molecule has 2 N–H and O–H groups in total. The zero-order chi connectivity index (χ0) is 14.0. The summed E-state index contributed by atoms with van der Waals surface area (Å²) in [7, 11) is 0. The predicted molar refractivity (Wildman–Crippen MR) is 73.1 cm³/mol. The van der Waals surface area contributed by atoms with E-state index in [1.165, 1.54) is 0 Å². The van der Waals surface area contributed by atoms with Gasteiger partial charge >= 0.3 is 5.69 Å². The molecule has 0 aliphatic rings. The summed E-state index contributed by atoms with van der Waals surface area (Å²) in [4.78, 5) is 25.9. The minimum atomic E-state index is -0.628. The summed E-state index contributed by atoms with van der Waals surface area (Å²) in [5.41, 5.74) is 0.504. The quantitative estimate of drug-likeness (QED) is 0.878. The van der Waals surface area contributed by atoms with Crippen LogP contribution in [0.4, 0.5) is 0 Å². The predicted octanol–water partition coefficient (Wildman–Crippen LogP) is 1.49. The molecule has 0 spiro atoms. The van der Waals surface area contributed by atoms with Gasteiger partial charge < -0.3 is 5.11 Å². The molecular formula is C14H16N2O3. The van der Waals surface area contributed by atoms with Gasteiger partial charge in [0.2, 0.25) is 5.88 Å². The van der Waals surface area contributed by atoms with E-state index < -0.39 is 11.2 Å². The van der Waals surface area contributed by atoms with Crippen LogP contribution in [0.15, 0.2) is 33.9 Å². The van der Waals surface area contributed by atoms with Gasteiger partial charge in [-0.15, -0.1) is 0 Å². The number of hydrogen-bond donors (Lipinski definition) is 2. The highest BCUT2D eigenvalue weighted by Crippen LogP contribution is 2.19. The van der Waals surface area contributed by atoms with Gasteiger partial charge in [0.25, 0.3) is 5.56 Å². The lowest BCUT2D eigenvalue weighted by atomic mass is 10.1. The number of aromatic hydroxyl groups is 1. The summed E-state index contributed by atoms with van der Waals surface area (Å²) in [6, 6.07) is 7.19. The minimum absolute atomic E-state index is 0.241. The average Bonchev–Trinajstić information content (AvgIpc) is 2.36. The number of benzene rings is 1. The van der Waals surface area contributed by atoms with Gasteiger partial charge in [0.1, 0.15) is 0 Å². The van der Waals surface area contributed by atoms with Gasteiger partial charge in [-0.3, -0.25) is 9.78 Å². The third-order valence-electron chi connectivity index (χ3n) is 3.04. The molecule has 0 atom stereocenters. The summed E-state index contributed by atoms with van der Waals surface area (Å²) in [6.45, 7) is 3.74. The Morgan fingerprint density at radius 2 is 1.95 bits per heavy atom. The number of nitrogens with zero attached hydrogens (tertiary/aromatic N) is 1. The van der Waals surface area contributed by atoms with E-state index in [1.807, 2.05) is 26.0 Å². The van der Waals surface area contributed by atoms with Crippen molar-refractivity contribution in [1.82, 2.24) is 9.55 Å². The van der Waals surface area contributed by atoms with Gasteiger partial charge in [0.05, 0.1) is 11.3 Å². The fraction of sp³-hybridized carbons (Fsp3) is 0.286. The summed E-state index contributed by atoms with van der Waals surface area (Å²) >= 11 is 0. The number of H-pyrrole nitrogens is 1. The van der Waals surface area contributed by atoms with E-state index in [4.69, 9.17) is 0 Å². The molecule has 0 unspecified atom stereocenters. The zero-order valence-electron chi connectivity index (χ0n) is 10.9. The van der Waals surface area contributed by atoms with Crippen LogP contribution in [0.25, 0.3) is 5.69 Å². The molecular weight excluding hydrogens is 244 g/mol. The van der Waals surface area contributed by atoms with Gasteiger partial charge in [-0.1, -0.05) is 31.5 Å². The van der Waals surface area contributed by atoms with E-state index in [-0.39, 0.29) is 11.4 Å². The maximum Gasteiger partial charge on any atom is 0.335 e. The first kappa shape index (κ1) is 13.1. The Bertz CT molecular complexity index is 713. The molecule has 5 nitrogen and oxygen atoms in total. The van der Waals surface area contributed by atoms with Crippen molar-refractivity contribution in [3.8, 4) is 11.6 Å². The fourth-order valence-electron chi connectivity index (χ4n) is 2.07. The Kier molecular flexibility index (Phi) is 3.55. The minimum Gasteiger partial charge on any atom is -0.494 e. The third-order valence-corrected chi connectivity index (χ3v) is 3.04. The van der Waals surface area contributed by atoms with Crippen molar-refractivity contribution in [3.63, 3.8) is 0 Å². The number of hydrogen-bond acceptors (Lipinski definition) is 3. The molecule has 2 aromatic rings. The Hall–Kier alpha value is -2.30. The first-order valence-corrected chi connectivity index (χ1v) is 6.19. The molecule has 1 aromatic heterocycles. The molecule has 0 bridgehead atoms. The molecule has 0 aliphatic carbocycles. The van der Waals surface area contributed by atoms with Crippen LogP contribution in [-0.4, -0.2) is 14.7 Å². The molecule has 0 saturated heterocycles. The summed E-state index contributed by atoms with van der Waals surface area (Å²) in [6.07, 6.45) is 1.13. The van der Waals surface area contributed by atoms with Crippen LogP contribution in [0, 0.1) is 6.92 Å². The molecule has 1 aromatic carbocycles. The smallest absolute Gasteiger partial charge is 0.335 e. The Labute approximate surface area is 110 Å². The standard InChI is InChI=1S/C14H16N2O3/c1-3-6-10-12(17)15-14(19)16(13(10)18)11-8-5-4-7-9(11)2/h4-5,7-8,18H,3,6H2,1-2H3,(H,15,17,19). The highest BCUT2D eigenvalue weighted by atomic mass is 16.3. The second kappa shape index (κ2) is 5.14. The van der Waals surface area contributed by atoms with Crippen molar-refractivity contribution >= 4 is 0 Å². The number of rotatable bonds is 3. The number of para-hydroxylation sites is 1. The van der Waals surface area contributed by atoms with Gasteiger partial charge in [0.15, 0.2) is 0 Å². The monoisotopic (exact) mass is 260 g/mol. The maximum absolute atomic E-state index is 11.9. The first-order chi connectivity index (χ1) is 9.06. The second-order valence-corrected chi connectivity index (χ2v) is 4.43. The molecule has 1 heterocycles. The Balaban J connectivity index is 2.78. The highest BCUT2D eigenvalue weighted by Gasteiger charge is 2.15. The normalized spacial score (nSPS) is 10.6. The van der Waals surface area contributed by atoms with Crippen LogP contribution in [0.3, 0.4) is 0 Å². The molecule has 19 heavy (non-hydrogen) atoms. The molecule has 0 aliphatic heterocycles. The van der Waals surface area contributed by atoms with Crippen molar-refractivity contribution in [2.24, 2.45) is 0 Å². The highest BCUT2D eigenvalue weighted by molar-refractivity contribution is 5.43. The lowest BCUT2D eigenvalue weighted by Crippen LogP contribution is -2.31. The van der Waals surface area contributed by atoms with Crippen molar-refractivity contribution < 1.29 is 5.11 Å². The molecule has 0 amide bonds. The summed E-state index contributed by atoms with van der Waals surface area (Å²) in [5.74, 6) is -0.273. The van der Waals surface area contributed by atoms with E-state index in [1.54, 1.807) is 12.1 Å². The lowest BCUT2D eigenvalue weighted by molar-refractivity contribution is 0.422. The van der Waals surface area contributed by atoms with E-state index in [0.29, 0.717) is 18.5 Å². The molecule has 100 valence electrons. The van der Waals surface area contributed by atoms with E-state index in [9.17, 15) is 14.7 Å². The number of aromatic nitrogens is 2. The second-order valence-electron chi connectivity index (χ2n) is 4.43. The Morgan fingerprint density at radius 3 is 2.58 bits per heavy atom. The van der Waals surface area contributed by atoms with Crippen molar-refractivity contribution in [3.05, 3.63) is 56.2 Å². The van der Waals surface area contributed by atoms with Gasteiger partial charge in [-0.2, -0.15) is 0 Å². The average molecular weight is 260 g/mol. The summed E-state index contributed by atoms with van der Waals surface area (Å²) in [5, 5.41) is 10.2. The molecule has 0 fully saturated rings. The number of nitrogens with one attached hydrogen (secondary N) is 1. The summed E-state index contributed by atoms with van der Waals surface area (Å²) < 4.78 is 1.14. The van der Waals surface area contributed by atoms with E-state index >= 15 is 0 Å². The van der Waals surface area contributed by atoms with Crippen molar-refractivity contribution in [2.75, 3.05) is 0 Å². The van der Waals surface area contributed by atoms with Crippen LogP contribution in [0.2, 0.25) is 0 Å². The zero-order valence-corrected chi connectivity index (χ0v) is 10.9. The van der Waals surface area contributed by atoms with Crippen molar-refractivity contribution in [1.29, 1.82) is 0 Å². The molecule has 0 radical (unpaired) electrons. The van der Waals surface area contributed by atoms with E-state index in [0.717, 1.165) is 10.1 Å². The number of aryl methyl sites for hydroxylation is 1. The third kappa shape index (κ3) is 2.31. The molecule has 2 rings (SSSR count).